The molecule has 5 heteroatoms. The minimum atomic E-state index is -0.552. The lowest BCUT2D eigenvalue weighted by Crippen LogP contribution is -2.36. The highest BCUT2D eigenvalue weighted by Gasteiger charge is 2.15. The highest BCUT2D eigenvalue weighted by Crippen LogP contribution is 2.18. The van der Waals surface area contributed by atoms with Gasteiger partial charge >= 0.3 is 0 Å². The number of nitrogens with two attached hydrogens (primary N) is 1. The number of hydrogen-bond acceptors (Lipinski definition) is 3. The molecule has 20 heavy (non-hydrogen) atoms. The van der Waals surface area contributed by atoms with Crippen LogP contribution >= 0.6 is 15.9 Å². The molecule has 1 aromatic heterocycles. The summed E-state index contributed by atoms with van der Waals surface area (Å²) in [5, 5.41) is 2.72. The van der Waals surface area contributed by atoms with Crippen molar-refractivity contribution in [2.24, 2.45) is 5.73 Å². The van der Waals surface area contributed by atoms with Crippen LogP contribution in [0.3, 0.4) is 0 Å². The minimum Gasteiger partial charge on any atom is -0.320 e. The Bertz CT molecular complexity index is 574. The SMILES string of the molecule is N[C@@H](CCc1ccccc1)C(=O)Nc1ncccc1Br. The lowest BCUT2D eigenvalue weighted by molar-refractivity contribution is -0.117. The van der Waals surface area contributed by atoms with Crippen LogP contribution in [-0.4, -0.2) is 16.9 Å². The van der Waals surface area contributed by atoms with E-state index in [2.05, 4.69) is 26.2 Å². The Morgan fingerprint density at radius 1 is 1.25 bits per heavy atom. The number of hydrogen-bond donors (Lipinski definition) is 2. The van der Waals surface area contributed by atoms with Crippen molar-refractivity contribution in [3.8, 4) is 0 Å². The number of aromatic nitrogens is 1. The van der Waals surface area contributed by atoms with Crippen molar-refractivity contribution in [1.82, 2.24) is 4.98 Å². The smallest absolute Gasteiger partial charge is 0.242 e. The van der Waals surface area contributed by atoms with Gasteiger partial charge in [-0.15, -0.1) is 0 Å². The van der Waals surface area contributed by atoms with Gasteiger partial charge in [-0.05, 0) is 46.5 Å². The Morgan fingerprint density at radius 2 is 2.00 bits per heavy atom. The van der Waals surface area contributed by atoms with Crippen LogP contribution in [0.1, 0.15) is 12.0 Å². The zero-order chi connectivity index (χ0) is 14.4. The molecule has 1 heterocycles. The van der Waals surface area contributed by atoms with E-state index in [9.17, 15) is 4.79 Å². The first-order chi connectivity index (χ1) is 9.66. The summed E-state index contributed by atoms with van der Waals surface area (Å²) < 4.78 is 0.739. The second kappa shape index (κ2) is 7.17. The number of rotatable bonds is 5. The van der Waals surface area contributed by atoms with Gasteiger partial charge in [-0.3, -0.25) is 4.79 Å². The number of aryl methyl sites for hydroxylation is 1. The van der Waals surface area contributed by atoms with Crippen LogP contribution in [0.15, 0.2) is 53.1 Å². The molecule has 3 N–H and O–H groups in total. The first-order valence-electron chi connectivity index (χ1n) is 6.37. The maximum absolute atomic E-state index is 12.0. The molecule has 0 bridgehead atoms. The lowest BCUT2D eigenvalue weighted by atomic mass is 10.1. The number of carbonyl (C=O) groups excluding carboxylic acids is 1. The number of amides is 1. The van der Waals surface area contributed by atoms with Crippen molar-refractivity contribution < 1.29 is 4.79 Å². The van der Waals surface area contributed by atoms with Gasteiger partial charge in [0.05, 0.1) is 10.5 Å². The van der Waals surface area contributed by atoms with Crippen LogP contribution in [0.2, 0.25) is 0 Å². The molecule has 0 radical (unpaired) electrons. The molecule has 0 saturated heterocycles. The van der Waals surface area contributed by atoms with Crippen molar-refractivity contribution in [3.63, 3.8) is 0 Å². The van der Waals surface area contributed by atoms with Gasteiger partial charge in [-0.2, -0.15) is 0 Å². The molecule has 104 valence electrons. The second-order valence-electron chi connectivity index (χ2n) is 4.45. The molecule has 4 nitrogen and oxygen atoms in total. The topological polar surface area (TPSA) is 68.0 Å². The Kier molecular flexibility index (Phi) is 5.26. The van der Waals surface area contributed by atoms with Gasteiger partial charge in [-0.25, -0.2) is 4.98 Å². The predicted octanol–water partition coefficient (Wildman–Crippen LogP) is 2.74. The van der Waals surface area contributed by atoms with Gasteiger partial charge in [0.2, 0.25) is 5.91 Å². The van der Waals surface area contributed by atoms with Crippen molar-refractivity contribution >= 4 is 27.7 Å². The summed E-state index contributed by atoms with van der Waals surface area (Å²) in [6, 6.07) is 13.0. The van der Waals surface area contributed by atoms with E-state index >= 15 is 0 Å². The fraction of sp³-hybridized carbons (Fsp3) is 0.200. The summed E-state index contributed by atoms with van der Waals surface area (Å²) in [6.07, 6.45) is 3.00. The number of nitrogens with one attached hydrogen (secondary N) is 1. The highest BCUT2D eigenvalue weighted by molar-refractivity contribution is 9.10. The van der Waals surface area contributed by atoms with E-state index in [-0.39, 0.29) is 5.91 Å². The van der Waals surface area contributed by atoms with Gasteiger partial charge in [-0.1, -0.05) is 30.3 Å². The molecule has 2 rings (SSSR count). The predicted molar refractivity (Wildman–Crippen MR) is 83.3 cm³/mol. The van der Waals surface area contributed by atoms with E-state index in [1.54, 1.807) is 12.3 Å². The molecule has 1 atom stereocenters. The molecular formula is C15H16BrN3O. The van der Waals surface area contributed by atoms with E-state index in [0.29, 0.717) is 12.2 Å². The number of halogens is 1. The van der Waals surface area contributed by atoms with Crippen LogP contribution in [0.4, 0.5) is 5.82 Å². The van der Waals surface area contributed by atoms with E-state index in [4.69, 9.17) is 5.73 Å². The number of anilines is 1. The van der Waals surface area contributed by atoms with Crippen molar-refractivity contribution in [1.29, 1.82) is 0 Å². The molecule has 2 aromatic rings. The van der Waals surface area contributed by atoms with E-state index < -0.39 is 6.04 Å². The number of benzene rings is 1. The first kappa shape index (κ1) is 14.7. The third kappa shape index (κ3) is 4.15. The summed E-state index contributed by atoms with van der Waals surface area (Å²) in [6.45, 7) is 0. The van der Waals surface area contributed by atoms with Crippen LogP contribution < -0.4 is 11.1 Å². The molecule has 0 saturated carbocycles. The van der Waals surface area contributed by atoms with E-state index in [0.717, 1.165) is 10.9 Å². The molecule has 0 aliphatic carbocycles. The van der Waals surface area contributed by atoms with Crippen LogP contribution in [0, 0.1) is 0 Å². The van der Waals surface area contributed by atoms with E-state index in [1.807, 2.05) is 36.4 Å². The summed E-state index contributed by atoms with van der Waals surface area (Å²) >= 11 is 3.33. The number of pyridine rings is 1. The maximum Gasteiger partial charge on any atom is 0.242 e. The van der Waals surface area contributed by atoms with Gasteiger partial charge < -0.3 is 11.1 Å². The summed E-state index contributed by atoms with van der Waals surface area (Å²) in [7, 11) is 0. The highest BCUT2D eigenvalue weighted by atomic mass is 79.9. The number of nitrogens with zero attached hydrogens (tertiary/aromatic N) is 1. The average Bonchev–Trinajstić information content (AvgIpc) is 2.48. The van der Waals surface area contributed by atoms with Crippen LogP contribution in [0.5, 0.6) is 0 Å². The van der Waals surface area contributed by atoms with Crippen molar-refractivity contribution in [3.05, 3.63) is 58.7 Å². The summed E-state index contributed by atoms with van der Waals surface area (Å²) in [4.78, 5) is 16.1. The third-order valence-corrected chi connectivity index (χ3v) is 3.56. The molecule has 0 unspecified atom stereocenters. The largest absolute Gasteiger partial charge is 0.320 e. The fourth-order valence-corrected chi connectivity index (χ4v) is 2.14. The van der Waals surface area contributed by atoms with Gasteiger partial charge in [0.15, 0.2) is 0 Å². The summed E-state index contributed by atoms with van der Waals surface area (Å²) in [5.41, 5.74) is 7.08. The average molecular weight is 334 g/mol. The Hall–Kier alpha value is -1.72. The Morgan fingerprint density at radius 3 is 2.70 bits per heavy atom. The normalized spacial score (nSPS) is 11.9. The summed E-state index contributed by atoms with van der Waals surface area (Å²) in [5.74, 6) is 0.271. The molecule has 1 amide bonds. The van der Waals surface area contributed by atoms with Gasteiger partial charge in [0.1, 0.15) is 5.82 Å². The van der Waals surface area contributed by atoms with Crippen molar-refractivity contribution in [2.75, 3.05) is 5.32 Å². The maximum atomic E-state index is 12.0. The Balaban J connectivity index is 1.88. The standard InChI is InChI=1S/C15H16BrN3O/c16-12-7-4-10-18-14(12)19-15(20)13(17)9-8-11-5-2-1-3-6-11/h1-7,10,13H,8-9,17H2,(H,18,19,20)/t13-/m0/s1. The van der Waals surface area contributed by atoms with E-state index in [1.165, 1.54) is 5.56 Å². The van der Waals surface area contributed by atoms with Gasteiger partial charge in [0, 0.05) is 6.20 Å². The zero-order valence-corrected chi connectivity index (χ0v) is 12.5. The van der Waals surface area contributed by atoms with Crippen LogP contribution in [-0.2, 0) is 11.2 Å². The fourth-order valence-electron chi connectivity index (χ4n) is 1.79. The second-order valence-corrected chi connectivity index (χ2v) is 5.31. The molecule has 0 spiro atoms. The minimum absolute atomic E-state index is 0.222. The monoisotopic (exact) mass is 333 g/mol. The van der Waals surface area contributed by atoms with Crippen molar-refractivity contribution in [2.45, 2.75) is 18.9 Å². The lowest BCUT2D eigenvalue weighted by Gasteiger charge is -2.12. The van der Waals surface area contributed by atoms with Gasteiger partial charge in [0.25, 0.3) is 0 Å². The molecule has 1 aromatic carbocycles. The third-order valence-electron chi connectivity index (χ3n) is 2.92. The zero-order valence-electron chi connectivity index (χ0n) is 10.9. The number of carbonyl (C=O) groups is 1. The molecule has 0 aliphatic rings. The first-order valence-corrected chi connectivity index (χ1v) is 7.17. The molecule has 0 fully saturated rings. The molecular weight excluding hydrogens is 318 g/mol. The Labute approximate surface area is 126 Å². The molecule has 0 aliphatic heterocycles. The quantitative estimate of drug-likeness (QED) is 0.883. The van der Waals surface area contributed by atoms with Crippen LogP contribution in [0.25, 0.3) is 0 Å².